The van der Waals surface area contributed by atoms with Crippen molar-refractivity contribution in [2.75, 3.05) is 5.32 Å². The van der Waals surface area contributed by atoms with E-state index in [0.29, 0.717) is 11.0 Å². The van der Waals surface area contributed by atoms with Crippen molar-refractivity contribution in [1.82, 2.24) is 0 Å². The van der Waals surface area contributed by atoms with Crippen LogP contribution in [0.4, 0.5) is 10.1 Å². The Hall–Kier alpha value is -0.985. The molecule has 0 aliphatic heterocycles. The Kier molecular flexibility index (Phi) is 2.96. The first-order chi connectivity index (χ1) is 6.00. The van der Waals surface area contributed by atoms with E-state index < -0.39 is 0 Å². The minimum atomic E-state index is -0.261. The lowest BCUT2D eigenvalue weighted by atomic mass is 9.90. The zero-order valence-corrected chi connectivity index (χ0v) is 8.19. The first-order valence-corrected chi connectivity index (χ1v) is 4.33. The van der Waals surface area contributed by atoms with Crippen molar-refractivity contribution in [1.29, 1.82) is 0 Å². The SMILES string of the molecule is [B]c1cc(NC(C)C)cc(F)c1C. The van der Waals surface area contributed by atoms with Crippen molar-refractivity contribution in [3.05, 3.63) is 23.5 Å². The van der Waals surface area contributed by atoms with Gasteiger partial charge in [0.05, 0.1) is 0 Å². The van der Waals surface area contributed by atoms with Gasteiger partial charge in [0.2, 0.25) is 0 Å². The maximum Gasteiger partial charge on any atom is 0.127 e. The van der Waals surface area contributed by atoms with Gasteiger partial charge in [0.1, 0.15) is 13.7 Å². The fourth-order valence-electron chi connectivity index (χ4n) is 1.12. The predicted octanol–water partition coefficient (Wildman–Crippen LogP) is 1.75. The predicted molar refractivity (Wildman–Crippen MR) is 55.3 cm³/mol. The van der Waals surface area contributed by atoms with E-state index in [9.17, 15) is 4.39 Å². The summed E-state index contributed by atoms with van der Waals surface area (Å²) in [6.07, 6.45) is 0. The molecule has 68 valence electrons. The molecule has 0 heterocycles. The van der Waals surface area contributed by atoms with Crippen LogP contribution in [0.15, 0.2) is 12.1 Å². The minimum Gasteiger partial charge on any atom is -0.383 e. The highest BCUT2D eigenvalue weighted by molar-refractivity contribution is 6.33. The number of halogens is 1. The molecule has 1 aromatic carbocycles. The molecule has 0 aromatic heterocycles. The van der Waals surface area contributed by atoms with Crippen molar-refractivity contribution in [2.24, 2.45) is 0 Å². The molecular weight excluding hydrogens is 164 g/mol. The summed E-state index contributed by atoms with van der Waals surface area (Å²) in [5.74, 6) is -0.261. The molecule has 1 rings (SSSR count). The van der Waals surface area contributed by atoms with Gasteiger partial charge < -0.3 is 5.32 Å². The van der Waals surface area contributed by atoms with E-state index >= 15 is 0 Å². The van der Waals surface area contributed by atoms with E-state index in [1.165, 1.54) is 6.07 Å². The fraction of sp³-hybridized carbons (Fsp3) is 0.400. The average molecular weight is 177 g/mol. The molecule has 1 nitrogen and oxygen atoms in total. The van der Waals surface area contributed by atoms with Gasteiger partial charge in [-0.3, -0.25) is 0 Å². The zero-order valence-electron chi connectivity index (χ0n) is 8.19. The van der Waals surface area contributed by atoms with Gasteiger partial charge >= 0.3 is 0 Å². The van der Waals surface area contributed by atoms with Crippen LogP contribution in [-0.4, -0.2) is 13.9 Å². The van der Waals surface area contributed by atoms with Crippen molar-refractivity contribution < 1.29 is 4.39 Å². The summed E-state index contributed by atoms with van der Waals surface area (Å²) in [7, 11) is 5.62. The number of hydrogen-bond donors (Lipinski definition) is 1. The fourth-order valence-corrected chi connectivity index (χ4v) is 1.12. The summed E-state index contributed by atoms with van der Waals surface area (Å²) >= 11 is 0. The van der Waals surface area contributed by atoms with Crippen LogP contribution in [0.25, 0.3) is 0 Å². The van der Waals surface area contributed by atoms with E-state index in [0.717, 1.165) is 5.69 Å². The third-order valence-corrected chi connectivity index (χ3v) is 1.84. The quantitative estimate of drug-likeness (QED) is 0.678. The van der Waals surface area contributed by atoms with E-state index in [1.807, 2.05) is 13.8 Å². The van der Waals surface area contributed by atoms with Crippen LogP contribution in [0.3, 0.4) is 0 Å². The topological polar surface area (TPSA) is 12.0 Å². The highest BCUT2D eigenvalue weighted by Gasteiger charge is 2.03. The molecule has 0 amide bonds. The molecule has 0 bridgehead atoms. The Morgan fingerprint density at radius 3 is 2.46 bits per heavy atom. The first-order valence-electron chi connectivity index (χ1n) is 4.33. The van der Waals surface area contributed by atoms with Crippen molar-refractivity contribution in [2.45, 2.75) is 26.8 Å². The Balaban J connectivity index is 2.99. The molecule has 0 spiro atoms. The molecule has 13 heavy (non-hydrogen) atoms. The molecule has 0 aliphatic carbocycles. The lowest BCUT2D eigenvalue weighted by Gasteiger charge is -2.12. The molecule has 1 aromatic rings. The largest absolute Gasteiger partial charge is 0.383 e. The van der Waals surface area contributed by atoms with E-state index in [-0.39, 0.29) is 11.9 Å². The minimum absolute atomic E-state index is 0.261. The molecular formula is C10H13BFN. The first kappa shape index (κ1) is 10.1. The smallest absolute Gasteiger partial charge is 0.127 e. The van der Waals surface area contributed by atoms with E-state index in [2.05, 4.69) is 5.32 Å². The standard InChI is InChI=1S/C10H13BFN/c1-6(2)13-8-4-9(11)7(3)10(12)5-8/h4-6,13H,1-3H3. The van der Waals surface area contributed by atoms with E-state index in [4.69, 9.17) is 7.85 Å². The molecule has 0 aliphatic rings. The van der Waals surface area contributed by atoms with Crippen LogP contribution in [0, 0.1) is 12.7 Å². The lowest BCUT2D eigenvalue weighted by Crippen LogP contribution is -2.15. The van der Waals surface area contributed by atoms with Gasteiger partial charge in [-0.15, -0.1) is 0 Å². The lowest BCUT2D eigenvalue weighted by molar-refractivity contribution is 0.620. The van der Waals surface area contributed by atoms with Gasteiger partial charge in [0, 0.05) is 11.7 Å². The van der Waals surface area contributed by atoms with Crippen molar-refractivity contribution in [3.63, 3.8) is 0 Å². The third-order valence-electron chi connectivity index (χ3n) is 1.84. The number of rotatable bonds is 2. The summed E-state index contributed by atoms with van der Waals surface area (Å²) in [6, 6.07) is 3.49. The maximum absolute atomic E-state index is 13.2. The van der Waals surface area contributed by atoms with Gasteiger partial charge in [-0.1, -0.05) is 5.46 Å². The van der Waals surface area contributed by atoms with Gasteiger partial charge in [0.25, 0.3) is 0 Å². The second-order valence-electron chi connectivity index (χ2n) is 3.47. The number of anilines is 1. The highest BCUT2D eigenvalue weighted by Crippen LogP contribution is 2.12. The number of nitrogens with one attached hydrogen (secondary N) is 1. The molecule has 0 saturated carbocycles. The van der Waals surface area contributed by atoms with Gasteiger partial charge in [0.15, 0.2) is 0 Å². The maximum atomic E-state index is 13.2. The number of benzene rings is 1. The normalized spacial score (nSPS) is 10.5. The van der Waals surface area contributed by atoms with Crippen LogP contribution in [0.1, 0.15) is 19.4 Å². The van der Waals surface area contributed by atoms with Crippen LogP contribution >= 0.6 is 0 Å². The Morgan fingerprint density at radius 1 is 1.38 bits per heavy atom. The zero-order chi connectivity index (χ0) is 10.0. The summed E-state index contributed by atoms with van der Waals surface area (Å²) in [4.78, 5) is 0. The Morgan fingerprint density at radius 2 is 2.00 bits per heavy atom. The Bertz CT molecular complexity index is 287. The van der Waals surface area contributed by atoms with Crippen LogP contribution < -0.4 is 10.8 Å². The van der Waals surface area contributed by atoms with Crippen molar-refractivity contribution in [3.8, 4) is 0 Å². The average Bonchev–Trinajstić information content (AvgIpc) is 1.98. The Labute approximate surface area is 79.8 Å². The van der Waals surface area contributed by atoms with Gasteiger partial charge in [-0.25, -0.2) is 4.39 Å². The molecule has 0 unspecified atom stereocenters. The molecule has 0 fully saturated rings. The molecule has 0 saturated heterocycles. The molecule has 0 atom stereocenters. The second-order valence-corrected chi connectivity index (χ2v) is 3.47. The van der Waals surface area contributed by atoms with E-state index in [1.54, 1.807) is 13.0 Å². The van der Waals surface area contributed by atoms with Gasteiger partial charge in [-0.05, 0) is 38.5 Å². The summed E-state index contributed by atoms with van der Waals surface area (Å²) < 4.78 is 13.2. The van der Waals surface area contributed by atoms with Crippen LogP contribution in [-0.2, 0) is 0 Å². The van der Waals surface area contributed by atoms with Crippen LogP contribution in [0.2, 0.25) is 0 Å². The summed E-state index contributed by atoms with van der Waals surface area (Å²) in [5.41, 5.74) is 1.73. The summed E-state index contributed by atoms with van der Waals surface area (Å²) in [5, 5.41) is 3.09. The highest BCUT2D eigenvalue weighted by atomic mass is 19.1. The molecule has 2 radical (unpaired) electrons. The third kappa shape index (κ3) is 2.48. The monoisotopic (exact) mass is 177 g/mol. The van der Waals surface area contributed by atoms with Crippen LogP contribution in [0.5, 0.6) is 0 Å². The van der Waals surface area contributed by atoms with Gasteiger partial charge in [-0.2, -0.15) is 0 Å². The molecule has 3 heteroatoms. The summed E-state index contributed by atoms with van der Waals surface area (Å²) in [6.45, 7) is 5.66. The molecule has 1 N–H and O–H groups in total. The van der Waals surface area contributed by atoms with Crippen molar-refractivity contribution >= 4 is 19.0 Å². The second kappa shape index (κ2) is 3.82. The number of hydrogen-bond acceptors (Lipinski definition) is 1.